The van der Waals surface area contributed by atoms with Crippen molar-refractivity contribution in [1.29, 1.82) is 0 Å². The Bertz CT molecular complexity index is 452. The van der Waals surface area contributed by atoms with E-state index in [1.807, 2.05) is 12.1 Å². The molecule has 0 spiro atoms. The molecule has 4 nitrogen and oxygen atoms in total. The molecule has 0 bridgehead atoms. The number of phenols is 1. The second-order valence-corrected chi connectivity index (χ2v) is 6.36. The van der Waals surface area contributed by atoms with E-state index in [9.17, 15) is 15.0 Å². The van der Waals surface area contributed by atoms with E-state index in [-0.39, 0.29) is 24.3 Å². The standard InChI is InChI=1S/C18H27NO3/c20-13-16(12-15-6-9-17(21)10-7-15)19-18(22)11-8-14-4-2-1-3-5-14/h6-7,9-10,14,16,20-21H,1-5,8,11-13H2,(H,19,22)/t16-/m0/s1. The number of aliphatic hydroxyl groups excluding tert-OH is 1. The summed E-state index contributed by atoms with van der Waals surface area (Å²) in [6, 6.07) is 6.60. The van der Waals surface area contributed by atoms with E-state index >= 15 is 0 Å². The van der Waals surface area contributed by atoms with Crippen LogP contribution in [0.15, 0.2) is 24.3 Å². The maximum absolute atomic E-state index is 12.0. The fourth-order valence-electron chi connectivity index (χ4n) is 3.19. The van der Waals surface area contributed by atoms with E-state index in [2.05, 4.69) is 5.32 Å². The number of rotatable bonds is 7. The Balaban J connectivity index is 1.73. The molecular weight excluding hydrogens is 278 g/mol. The van der Waals surface area contributed by atoms with Crippen LogP contribution in [0, 0.1) is 5.92 Å². The van der Waals surface area contributed by atoms with Gasteiger partial charge in [0.1, 0.15) is 5.75 Å². The normalized spacial score (nSPS) is 17.1. The summed E-state index contributed by atoms with van der Waals surface area (Å²) >= 11 is 0. The molecule has 1 aliphatic carbocycles. The van der Waals surface area contributed by atoms with E-state index in [0.717, 1.165) is 12.0 Å². The summed E-state index contributed by atoms with van der Waals surface area (Å²) in [5, 5.41) is 21.6. The predicted molar refractivity (Wildman–Crippen MR) is 86.6 cm³/mol. The van der Waals surface area contributed by atoms with Crippen molar-refractivity contribution in [3.05, 3.63) is 29.8 Å². The molecule has 1 aliphatic rings. The maximum Gasteiger partial charge on any atom is 0.220 e. The molecule has 0 radical (unpaired) electrons. The molecule has 122 valence electrons. The van der Waals surface area contributed by atoms with Crippen LogP contribution in [0.3, 0.4) is 0 Å². The van der Waals surface area contributed by atoms with Crippen LogP contribution in [0.5, 0.6) is 5.75 Å². The zero-order chi connectivity index (χ0) is 15.8. The van der Waals surface area contributed by atoms with Gasteiger partial charge in [-0.25, -0.2) is 0 Å². The molecule has 0 aliphatic heterocycles. The van der Waals surface area contributed by atoms with Gasteiger partial charge < -0.3 is 15.5 Å². The summed E-state index contributed by atoms with van der Waals surface area (Å²) < 4.78 is 0. The van der Waals surface area contributed by atoms with Gasteiger partial charge in [-0.15, -0.1) is 0 Å². The van der Waals surface area contributed by atoms with Gasteiger partial charge in [-0.1, -0.05) is 44.2 Å². The van der Waals surface area contributed by atoms with Crippen LogP contribution in [0.2, 0.25) is 0 Å². The summed E-state index contributed by atoms with van der Waals surface area (Å²) in [7, 11) is 0. The van der Waals surface area contributed by atoms with Gasteiger partial charge in [0.2, 0.25) is 5.91 Å². The highest BCUT2D eigenvalue weighted by Crippen LogP contribution is 2.27. The molecule has 0 saturated heterocycles. The number of phenolic OH excluding ortho intramolecular Hbond substituents is 1. The third-order valence-electron chi connectivity index (χ3n) is 4.51. The Morgan fingerprint density at radius 1 is 1.18 bits per heavy atom. The van der Waals surface area contributed by atoms with Crippen molar-refractivity contribution < 1.29 is 15.0 Å². The molecule has 0 unspecified atom stereocenters. The van der Waals surface area contributed by atoms with Crippen LogP contribution in [0.4, 0.5) is 0 Å². The number of amides is 1. The molecule has 1 fully saturated rings. The minimum atomic E-state index is -0.261. The van der Waals surface area contributed by atoms with Gasteiger partial charge in [0.15, 0.2) is 0 Å². The summed E-state index contributed by atoms with van der Waals surface area (Å²) in [5.41, 5.74) is 0.990. The highest BCUT2D eigenvalue weighted by Gasteiger charge is 2.16. The number of benzene rings is 1. The van der Waals surface area contributed by atoms with E-state index in [1.54, 1.807) is 12.1 Å². The Morgan fingerprint density at radius 2 is 1.86 bits per heavy atom. The third-order valence-corrected chi connectivity index (χ3v) is 4.51. The highest BCUT2D eigenvalue weighted by molar-refractivity contribution is 5.76. The van der Waals surface area contributed by atoms with Gasteiger partial charge >= 0.3 is 0 Å². The first-order chi connectivity index (χ1) is 10.7. The number of carbonyl (C=O) groups excluding carboxylic acids is 1. The topological polar surface area (TPSA) is 69.6 Å². The van der Waals surface area contributed by atoms with Gasteiger partial charge in [-0.3, -0.25) is 4.79 Å². The average Bonchev–Trinajstić information content (AvgIpc) is 2.55. The minimum absolute atomic E-state index is 0.0309. The largest absolute Gasteiger partial charge is 0.508 e. The number of hydrogen-bond acceptors (Lipinski definition) is 3. The molecular formula is C18H27NO3. The monoisotopic (exact) mass is 305 g/mol. The molecule has 1 aromatic rings. The Hall–Kier alpha value is -1.55. The van der Waals surface area contributed by atoms with Gasteiger partial charge in [0, 0.05) is 6.42 Å². The van der Waals surface area contributed by atoms with Gasteiger partial charge in [-0.2, -0.15) is 0 Å². The third kappa shape index (κ3) is 5.68. The van der Waals surface area contributed by atoms with Crippen molar-refractivity contribution >= 4 is 5.91 Å². The van der Waals surface area contributed by atoms with E-state index < -0.39 is 0 Å². The highest BCUT2D eigenvalue weighted by atomic mass is 16.3. The minimum Gasteiger partial charge on any atom is -0.508 e. The van der Waals surface area contributed by atoms with Crippen LogP contribution in [0.1, 0.15) is 50.5 Å². The molecule has 2 rings (SSSR count). The van der Waals surface area contributed by atoms with Crippen molar-refractivity contribution in [2.75, 3.05) is 6.61 Å². The van der Waals surface area contributed by atoms with Crippen molar-refractivity contribution in [2.24, 2.45) is 5.92 Å². The smallest absolute Gasteiger partial charge is 0.220 e. The van der Waals surface area contributed by atoms with Crippen LogP contribution in [-0.4, -0.2) is 28.8 Å². The molecule has 0 aromatic heterocycles. The van der Waals surface area contributed by atoms with Gasteiger partial charge in [-0.05, 0) is 36.5 Å². The predicted octanol–water partition coefficient (Wildman–Crippen LogP) is 2.77. The van der Waals surface area contributed by atoms with E-state index in [1.165, 1.54) is 32.1 Å². The Morgan fingerprint density at radius 3 is 2.50 bits per heavy atom. The van der Waals surface area contributed by atoms with Gasteiger partial charge in [0.05, 0.1) is 12.6 Å². The Labute approximate surface area is 132 Å². The second-order valence-electron chi connectivity index (χ2n) is 6.36. The van der Waals surface area contributed by atoms with Crippen LogP contribution < -0.4 is 5.32 Å². The summed E-state index contributed by atoms with van der Waals surface area (Å²) in [4.78, 5) is 12.0. The summed E-state index contributed by atoms with van der Waals surface area (Å²) in [6.07, 6.45) is 8.53. The van der Waals surface area contributed by atoms with Gasteiger partial charge in [0.25, 0.3) is 0 Å². The second kappa shape index (κ2) is 8.79. The average molecular weight is 305 g/mol. The fraction of sp³-hybridized carbons (Fsp3) is 0.611. The molecule has 22 heavy (non-hydrogen) atoms. The zero-order valence-electron chi connectivity index (χ0n) is 13.1. The Kier molecular flexibility index (Phi) is 6.72. The fourth-order valence-corrected chi connectivity index (χ4v) is 3.19. The van der Waals surface area contributed by atoms with Crippen molar-refractivity contribution in [3.8, 4) is 5.75 Å². The zero-order valence-corrected chi connectivity index (χ0v) is 13.1. The number of aromatic hydroxyl groups is 1. The number of carbonyl (C=O) groups is 1. The first-order valence-electron chi connectivity index (χ1n) is 8.35. The number of nitrogens with one attached hydrogen (secondary N) is 1. The summed E-state index contributed by atoms with van der Waals surface area (Å²) in [6.45, 7) is -0.0734. The lowest BCUT2D eigenvalue weighted by Crippen LogP contribution is -2.39. The van der Waals surface area contributed by atoms with E-state index in [4.69, 9.17) is 0 Å². The molecule has 1 amide bonds. The van der Waals surface area contributed by atoms with Crippen LogP contribution >= 0.6 is 0 Å². The van der Waals surface area contributed by atoms with Crippen molar-refractivity contribution in [1.82, 2.24) is 5.32 Å². The van der Waals surface area contributed by atoms with Crippen LogP contribution in [0.25, 0.3) is 0 Å². The number of aliphatic hydroxyl groups is 1. The SMILES string of the molecule is O=C(CCC1CCCCC1)N[C@H](CO)Cc1ccc(O)cc1. The van der Waals surface area contributed by atoms with E-state index in [0.29, 0.717) is 18.8 Å². The van der Waals surface area contributed by atoms with Crippen molar-refractivity contribution in [2.45, 2.75) is 57.4 Å². The molecule has 3 N–H and O–H groups in total. The molecule has 1 saturated carbocycles. The molecule has 4 heteroatoms. The lowest BCUT2D eigenvalue weighted by Gasteiger charge is -2.22. The first-order valence-corrected chi connectivity index (χ1v) is 8.35. The molecule has 1 atom stereocenters. The van der Waals surface area contributed by atoms with Crippen LogP contribution in [-0.2, 0) is 11.2 Å². The maximum atomic E-state index is 12.0. The van der Waals surface area contributed by atoms with Crippen molar-refractivity contribution in [3.63, 3.8) is 0 Å². The molecule has 1 aromatic carbocycles. The molecule has 0 heterocycles. The summed E-state index contributed by atoms with van der Waals surface area (Å²) in [5.74, 6) is 0.952. The lowest BCUT2D eigenvalue weighted by molar-refractivity contribution is -0.122. The number of hydrogen-bond donors (Lipinski definition) is 3. The quantitative estimate of drug-likeness (QED) is 0.725. The lowest BCUT2D eigenvalue weighted by atomic mass is 9.86. The first kappa shape index (κ1) is 16.8.